The molecule has 0 heterocycles. The number of carbonyl (C=O) groups is 2. The smallest absolute Gasteiger partial charge is 0.315 e. The first kappa shape index (κ1) is 14.7. The van der Waals surface area contributed by atoms with E-state index in [1.165, 1.54) is 0 Å². The van der Waals surface area contributed by atoms with Crippen LogP contribution in [0.5, 0.6) is 0 Å². The molecule has 2 aliphatic carbocycles. The Morgan fingerprint density at radius 3 is 2.70 bits per heavy atom. The van der Waals surface area contributed by atoms with Gasteiger partial charge in [-0.15, -0.1) is 12.3 Å². The van der Waals surface area contributed by atoms with Crippen molar-refractivity contribution in [1.29, 1.82) is 0 Å². The number of rotatable bonds is 6. The predicted octanol–water partition coefficient (Wildman–Crippen LogP) is 1.59. The number of carboxylic acids is 1. The minimum absolute atomic E-state index is 0.211. The summed E-state index contributed by atoms with van der Waals surface area (Å²) in [4.78, 5) is 23.1. The molecule has 2 bridgehead atoms. The lowest BCUT2D eigenvalue weighted by Gasteiger charge is -2.28. The Balaban J connectivity index is 1.76. The van der Waals surface area contributed by atoms with Crippen molar-refractivity contribution in [2.45, 2.75) is 44.6 Å². The second-order valence-electron chi connectivity index (χ2n) is 5.78. The average Bonchev–Trinajstić information content (AvgIpc) is 2.99. The van der Waals surface area contributed by atoms with Crippen LogP contribution in [0.3, 0.4) is 0 Å². The summed E-state index contributed by atoms with van der Waals surface area (Å²) in [5, 5.41) is 14.9. The number of fused-ring (bicyclic) bond motifs is 2. The van der Waals surface area contributed by atoms with Gasteiger partial charge in [0.15, 0.2) is 0 Å². The normalized spacial score (nSPS) is 30.8. The summed E-state index contributed by atoms with van der Waals surface area (Å²) < 4.78 is 0. The van der Waals surface area contributed by atoms with E-state index in [2.05, 4.69) is 16.6 Å². The summed E-state index contributed by atoms with van der Waals surface area (Å²) in [6, 6.07) is -0.466. The molecule has 0 radical (unpaired) electrons. The number of nitrogens with one attached hydrogen (secondary N) is 2. The summed E-state index contributed by atoms with van der Waals surface area (Å²) in [7, 11) is 0. The predicted molar refractivity (Wildman–Crippen MR) is 75.0 cm³/mol. The number of amides is 2. The van der Waals surface area contributed by atoms with E-state index in [9.17, 15) is 14.7 Å². The van der Waals surface area contributed by atoms with Crippen LogP contribution in [0.25, 0.3) is 0 Å². The molecule has 0 spiro atoms. The average molecular weight is 278 g/mol. The molecule has 5 heteroatoms. The molecule has 2 rings (SSSR count). The van der Waals surface area contributed by atoms with Crippen molar-refractivity contribution in [3.05, 3.63) is 0 Å². The fourth-order valence-corrected chi connectivity index (χ4v) is 3.61. The molecule has 3 N–H and O–H groups in total. The Morgan fingerprint density at radius 2 is 2.00 bits per heavy atom. The topological polar surface area (TPSA) is 78.4 Å². The van der Waals surface area contributed by atoms with Crippen molar-refractivity contribution in [2.24, 2.45) is 17.8 Å². The number of carboxylic acid groups (broad SMARTS) is 1. The van der Waals surface area contributed by atoms with Gasteiger partial charge in [0.1, 0.15) is 0 Å². The first-order valence-electron chi connectivity index (χ1n) is 7.34. The first-order chi connectivity index (χ1) is 9.63. The fraction of sp³-hybridized carbons (Fsp3) is 0.733. The second kappa shape index (κ2) is 6.65. The number of hydrogen-bond donors (Lipinski definition) is 3. The minimum Gasteiger partial charge on any atom is -0.481 e. The Labute approximate surface area is 119 Å². The molecule has 4 unspecified atom stereocenters. The van der Waals surface area contributed by atoms with Gasteiger partial charge >= 0.3 is 12.0 Å². The van der Waals surface area contributed by atoms with Gasteiger partial charge in [-0.1, -0.05) is 0 Å². The molecular formula is C15H22N2O3. The number of urea groups is 1. The van der Waals surface area contributed by atoms with Gasteiger partial charge in [-0.3, -0.25) is 4.79 Å². The zero-order chi connectivity index (χ0) is 14.5. The lowest BCUT2D eigenvalue weighted by Crippen LogP contribution is -2.50. The van der Waals surface area contributed by atoms with Crippen LogP contribution >= 0.6 is 0 Å². The van der Waals surface area contributed by atoms with Gasteiger partial charge in [0.25, 0.3) is 0 Å². The lowest BCUT2D eigenvalue weighted by atomic mass is 9.84. The van der Waals surface area contributed by atoms with Crippen LogP contribution in [0.4, 0.5) is 4.79 Å². The molecule has 2 aliphatic rings. The molecule has 110 valence electrons. The highest BCUT2D eigenvalue weighted by atomic mass is 16.4. The maximum atomic E-state index is 11.8. The van der Waals surface area contributed by atoms with Crippen LogP contribution in [0.15, 0.2) is 0 Å². The highest BCUT2D eigenvalue weighted by Gasteiger charge is 2.51. The van der Waals surface area contributed by atoms with E-state index in [0.717, 1.165) is 38.5 Å². The summed E-state index contributed by atoms with van der Waals surface area (Å²) in [6.07, 6.45) is 10.6. The van der Waals surface area contributed by atoms with Crippen LogP contribution in [-0.4, -0.2) is 29.7 Å². The summed E-state index contributed by atoms with van der Waals surface area (Å²) in [6.45, 7) is 0.575. The van der Waals surface area contributed by atoms with Gasteiger partial charge in [0.05, 0.1) is 5.92 Å². The molecule has 20 heavy (non-hydrogen) atoms. The van der Waals surface area contributed by atoms with Crippen molar-refractivity contribution in [1.82, 2.24) is 10.6 Å². The molecule has 2 amide bonds. The maximum absolute atomic E-state index is 11.8. The monoisotopic (exact) mass is 278 g/mol. The number of hydrogen-bond acceptors (Lipinski definition) is 2. The summed E-state index contributed by atoms with van der Waals surface area (Å²) in [5.41, 5.74) is 0. The van der Waals surface area contributed by atoms with E-state index in [1.807, 2.05) is 0 Å². The van der Waals surface area contributed by atoms with E-state index < -0.39 is 11.9 Å². The van der Waals surface area contributed by atoms with E-state index in [4.69, 9.17) is 6.42 Å². The largest absolute Gasteiger partial charge is 0.481 e. The van der Waals surface area contributed by atoms with Crippen LogP contribution in [0.2, 0.25) is 0 Å². The third kappa shape index (κ3) is 3.24. The van der Waals surface area contributed by atoms with Crippen LogP contribution in [0, 0.1) is 30.1 Å². The molecule has 0 saturated heterocycles. The second-order valence-corrected chi connectivity index (χ2v) is 5.78. The standard InChI is InChI=1S/C15H22N2O3/c1-2-3-4-5-8-16-15(20)17-13-11-7-6-10(9-11)12(13)14(18)19/h1,10-13H,3-9H2,(H,18,19)(H2,16,17,20). The van der Waals surface area contributed by atoms with Gasteiger partial charge in [0.2, 0.25) is 0 Å². The minimum atomic E-state index is -0.781. The highest BCUT2D eigenvalue weighted by Crippen LogP contribution is 2.48. The SMILES string of the molecule is C#CCCCCNC(=O)NC1C2CCC(C2)C1C(=O)O. The fourth-order valence-electron chi connectivity index (χ4n) is 3.61. The molecule has 2 saturated carbocycles. The number of carbonyl (C=O) groups excluding carboxylic acids is 1. The summed E-state index contributed by atoms with van der Waals surface area (Å²) in [5.74, 6) is 1.92. The van der Waals surface area contributed by atoms with Crippen molar-refractivity contribution in [3.63, 3.8) is 0 Å². The first-order valence-corrected chi connectivity index (χ1v) is 7.34. The van der Waals surface area contributed by atoms with Crippen LogP contribution in [0.1, 0.15) is 38.5 Å². The highest BCUT2D eigenvalue weighted by molar-refractivity contribution is 5.77. The zero-order valence-electron chi connectivity index (χ0n) is 11.6. The van der Waals surface area contributed by atoms with E-state index in [1.54, 1.807) is 0 Å². The Hall–Kier alpha value is -1.70. The third-order valence-corrected chi connectivity index (χ3v) is 4.53. The van der Waals surface area contributed by atoms with Gasteiger partial charge in [0, 0.05) is 19.0 Å². The molecule has 0 aliphatic heterocycles. The molecule has 2 fully saturated rings. The molecule has 0 aromatic carbocycles. The van der Waals surface area contributed by atoms with E-state index in [0.29, 0.717) is 12.5 Å². The number of unbranched alkanes of at least 4 members (excludes halogenated alkanes) is 2. The van der Waals surface area contributed by atoms with Gasteiger partial charge in [-0.2, -0.15) is 0 Å². The third-order valence-electron chi connectivity index (χ3n) is 4.53. The molecule has 0 aromatic heterocycles. The van der Waals surface area contributed by atoms with Crippen LogP contribution in [-0.2, 0) is 4.79 Å². The Bertz CT molecular complexity index is 416. The van der Waals surface area contributed by atoms with Crippen LogP contribution < -0.4 is 10.6 Å². The Kier molecular flexibility index (Phi) is 4.89. The van der Waals surface area contributed by atoms with E-state index in [-0.39, 0.29) is 18.0 Å². The van der Waals surface area contributed by atoms with Crippen molar-refractivity contribution in [2.75, 3.05) is 6.54 Å². The number of terminal acetylenes is 1. The molecular weight excluding hydrogens is 256 g/mol. The van der Waals surface area contributed by atoms with Crippen molar-refractivity contribution in [3.8, 4) is 12.3 Å². The molecule has 5 nitrogen and oxygen atoms in total. The van der Waals surface area contributed by atoms with Gasteiger partial charge < -0.3 is 15.7 Å². The number of aliphatic carboxylic acids is 1. The molecule has 0 aromatic rings. The van der Waals surface area contributed by atoms with Crippen molar-refractivity contribution >= 4 is 12.0 Å². The van der Waals surface area contributed by atoms with Crippen molar-refractivity contribution < 1.29 is 14.7 Å². The lowest BCUT2D eigenvalue weighted by molar-refractivity contribution is -0.144. The van der Waals surface area contributed by atoms with E-state index >= 15 is 0 Å². The summed E-state index contributed by atoms with van der Waals surface area (Å²) >= 11 is 0. The zero-order valence-corrected chi connectivity index (χ0v) is 11.6. The van der Waals surface area contributed by atoms with Gasteiger partial charge in [-0.25, -0.2) is 4.79 Å². The quantitative estimate of drug-likeness (QED) is 0.510. The maximum Gasteiger partial charge on any atom is 0.315 e. The molecule has 4 atom stereocenters. The van der Waals surface area contributed by atoms with Gasteiger partial charge in [-0.05, 0) is 43.9 Å². The Morgan fingerprint density at radius 1 is 1.25 bits per heavy atom.